The Bertz CT molecular complexity index is 1510. The van der Waals surface area contributed by atoms with Gasteiger partial charge in [0, 0.05) is 43.8 Å². The van der Waals surface area contributed by atoms with Gasteiger partial charge in [-0.15, -0.1) is 0 Å². The molecule has 0 unspecified atom stereocenters. The molecule has 2 heterocycles. The van der Waals surface area contributed by atoms with Gasteiger partial charge in [-0.25, -0.2) is 14.2 Å². The number of ether oxygens (including phenoxy) is 2. The molecule has 2 atom stereocenters. The van der Waals surface area contributed by atoms with E-state index in [2.05, 4.69) is 63.9 Å². The fourth-order valence-electron chi connectivity index (χ4n) is 6.41. The average Bonchev–Trinajstić information content (AvgIpc) is 3.01. The van der Waals surface area contributed by atoms with Gasteiger partial charge in [-0.3, -0.25) is 9.69 Å². The molecule has 1 aromatic heterocycles. The van der Waals surface area contributed by atoms with Gasteiger partial charge in [0.2, 0.25) is 5.88 Å². The highest BCUT2D eigenvalue weighted by molar-refractivity contribution is 5.96. The molecular weight excluding hydrogens is 597 g/mol. The van der Waals surface area contributed by atoms with E-state index in [0.717, 1.165) is 49.4 Å². The highest BCUT2D eigenvalue weighted by atomic mass is 19.1. The van der Waals surface area contributed by atoms with Crippen LogP contribution in [0.4, 0.5) is 9.18 Å². The molecule has 1 aliphatic heterocycles. The predicted molar refractivity (Wildman–Crippen MR) is 181 cm³/mol. The first-order valence-corrected chi connectivity index (χ1v) is 16.7. The standard InChI is InChI=1S/C37H48FN5O4/c1-24-22-43(23-25(2)40-24)18-17-26-9-11-27(12-10-26)28-7-6-8-32(19-28)46-35-33(20-29(38)21-39-35)34(44)41-30-13-15-31(16-14-30)42-36(45)47-37(3,4)5/h6-12,19-21,24-25,30-31,40H,13-18,22-23H2,1-5H3,(H,41,44)(H,42,45)/t24-,25+,30?,31?. The summed E-state index contributed by atoms with van der Waals surface area (Å²) in [7, 11) is 0. The Morgan fingerprint density at radius 3 is 2.26 bits per heavy atom. The minimum Gasteiger partial charge on any atom is -0.444 e. The zero-order valence-corrected chi connectivity index (χ0v) is 28.1. The van der Waals surface area contributed by atoms with Crippen LogP contribution in [0.3, 0.4) is 0 Å². The van der Waals surface area contributed by atoms with E-state index in [0.29, 0.717) is 43.5 Å². The maximum absolute atomic E-state index is 14.3. The van der Waals surface area contributed by atoms with E-state index in [-0.39, 0.29) is 23.5 Å². The van der Waals surface area contributed by atoms with Crippen molar-refractivity contribution in [3.63, 3.8) is 0 Å². The van der Waals surface area contributed by atoms with Crippen LogP contribution in [-0.2, 0) is 11.2 Å². The molecule has 2 aromatic carbocycles. The minimum absolute atomic E-state index is 0.0265. The molecule has 2 fully saturated rings. The van der Waals surface area contributed by atoms with Crippen LogP contribution in [0.25, 0.3) is 11.1 Å². The number of carbonyl (C=O) groups is 2. The van der Waals surface area contributed by atoms with E-state index in [1.54, 1.807) is 6.07 Å². The van der Waals surface area contributed by atoms with Gasteiger partial charge < -0.3 is 25.4 Å². The van der Waals surface area contributed by atoms with Crippen LogP contribution in [0.1, 0.15) is 76.2 Å². The Hall–Kier alpha value is -4.02. The molecule has 47 heavy (non-hydrogen) atoms. The van der Waals surface area contributed by atoms with Crippen molar-refractivity contribution in [3.8, 4) is 22.8 Å². The lowest BCUT2D eigenvalue weighted by molar-refractivity contribution is 0.0487. The van der Waals surface area contributed by atoms with Crippen molar-refractivity contribution in [2.75, 3.05) is 19.6 Å². The monoisotopic (exact) mass is 645 g/mol. The van der Waals surface area contributed by atoms with Gasteiger partial charge >= 0.3 is 6.09 Å². The number of aromatic nitrogens is 1. The van der Waals surface area contributed by atoms with Gasteiger partial charge in [-0.05, 0) is 102 Å². The summed E-state index contributed by atoms with van der Waals surface area (Å²) in [6, 6.07) is 18.2. The van der Waals surface area contributed by atoms with Crippen molar-refractivity contribution < 1.29 is 23.5 Å². The second-order valence-corrected chi connectivity index (χ2v) is 14.0. The highest BCUT2D eigenvalue weighted by Crippen LogP contribution is 2.29. The summed E-state index contributed by atoms with van der Waals surface area (Å²) >= 11 is 0. The number of amides is 2. The lowest BCUT2D eigenvalue weighted by atomic mass is 9.91. The zero-order chi connectivity index (χ0) is 33.6. The first kappa shape index (κ1) is 34.3. The summed E-state index contributed by atoms with van der Waals surface area (Å²) in [5, 5.41) is 9.49. The quantitative estimate of drug-likeness (QED) is 0.245. The second-order valence-electron chi connectivity index (χ2n) is 14.0. The van der Waals surface area contributed by atoms with Crippen molar-refractivity contribution in [2.45, 2.75) is 96.5 Å². The lowest BCUT2D eigenvalue weighted by Gasteiger charge is -2.36. The van der Waals surface area contributed by atoms with Crippen LogP contribution in [0.2, 0.25) is 0 Å². The Morgan fingerprint density at radius 1 is 0.936 bits per heavy atom. The van der Waals surface area contributed by atoms with Crippen LogP contribution in [0, 0.1) is 5.82 Å². The maximum Gasteiger partial charge on any atom is 0.407 e. The van der Waals surface area contributed by atoms with E-state index in [1.165, 1.54) is 5.56 Å². The number of rotatable bonds is 9. The van der Waals surface area contributed by atoms with Gasteiger partial charge in [-0.2, -0.15) is 0 Å². The molecule has 1 aliphatic carbocycles. The average molecular weight is 646 g/mol. The van der Waals surface area contributed by atoms with Gasteiger partial charge in [0.15, 0.2) is 0 Å². The summed E-state index contributed by atoms with van der Waals surface area (Å²) in [6.45, 7) is 13.1. The maximum atomic E-state index is 14.3. The van der Waals surface area contributed by atoms with Crippen LogP contribution in [0.5, 0.6) is 11.6 Å². The topological polar surface area (TPSA) is 105 Å². The number of nitrogens with one attached hydrogen (secondary N) is 3. The van der Waals surface area contributed by atoms with Crippen molar-refractivity contribution in [1.82, 2.24) is 25.8 Å². The number of pyridine rings is 1. The van der Waals surface area contributed by atoms with E-state index in [1.807, 2.05) is 39.0 Å². The minimum atomic E-state index is -0.623. The SMILES string of the molecule is C[C@@H]1CN(CCc2ccc(-c3cccc(Oc4ncc(F)cc4C(=O)NC4CCC(NC(=O)OC(C)(C)C)CC4)c3)cc2)C[C@H](C)N1. The van der Waals surface area contributed by atoms with Crippen LogP contribution >= 0.6 is 0 Å². The summed E-state index contributed by atoms with van der Waals surface area (Å²) in [6.07, 6.45) is 4.32. The van der Waals surface area contributed by atoms with Gasteiger partial charge in [-0.1, -0.05) is 36.4 Å². The third-order valence-electron chi connectivity index (χ3n) is 8.53. The number of benzene rings is 2. The molecule has 9 nitrogen and oxygen atoms in total. The predicted octanol–water partition coefficient (Wildman–Crippen LogP) is 6.47. The molecule has 3 N–H and O–H groups in total. The molecule has 0 radical (unpaired) electrons. The van der Waals surface area contributed by atoms with E-state index in [9.17, 15) is 14.0 Å². The fraction of sp³-hybridized carbons (Fsp3) is 0.486. The molecule has 3 aromatic rings. The van der Waals surface area contributed by atoms with Crippen LogP contribution in [-0.4, -0.2) is 71.3 Å². The molecule has 0 bridgehead atoms. The molecule has 5 rings (SSSR count). The Balaban J connectivity index is 1.17. The van der Waals surface area contributed by atoms with E-state index < -0.39 is 23.4 Å². The Labute approximate surface area is 277 Å². The molecule has 2 amide bonds. The summed E-state index contributed by atoms with van der Waals surface area (Å²) in [5.41, 5.74) is 2.76. The third kappa shape index (κ3) is 10.2. The van der Waals surface area contributed by atoms with E-state index in [4.69, 9.17) is 9.47 Å². The molecule has 1 saturated heterocycles. The molecule has 1 saturated carbocycles. The number of hydrogen-bond acceptors (Lipinski definition) is 7. The number of alkyl carbamates (subject to hydrolysis) is 1. The number of carbonyl (C=O) groups excluding carboxylic acids is 2. The summed E-state index contributed by atoms with van der Waals surface area (Å²) in [4.78, 5) is 32.1. The van der Waals surface area contributed by atoms with E-state index >= 15 is 0 Å². The molecule has 252 valence electrons. The molecule has 0 spiro atoms. The van der Waals surface area contributed by atoms with Gasteiger partial charge in [0.1, 0.15) is 22.7 Å². The lowest BCUT2D eigenvalue weighted by Crippen LogP contribution is -2.54. The zero-order valence-electron chi connectivity index (χ0n) is 28.1. The Morgan fingerprint density at radius 2 is 1.60 bits per heavy atom. The van der Waals surface area contributed by atoms with Gasteiger partial charge in [0.05, 0.1) is 6.20 Å². The number of halogens is 1. The fourth-order valence-corrected chi connectivity index (χ4v) is 6.41. The van der Waals surface area contributed by atoms with Crippen LogP contribution < -0.4 is 20.7 Å². The molecule has 10 heteroatoms. The normalized spacial score (nSPS) is 21.9. The molecular formula is C37H48FN5O4. The number of nitrogens with zero attached hydrogens (tertiary/aromatic N) is 2. The van der Waals surface area contributed by atoms with Crippen molar-refractivity contribution in [1.29, 1.82) is 0 Å². The number of piperazine rings is 1. The van der Waals surface area contributed by atoms with Crippen molar-refractivity contribution >= 4 is 12.0 Å². The van der Waals surface area contributed by atoms with Crippen molar-refractivity contribution in [2.24, 2.45) is 0 Å². The largest absolute Gasteiger partial charge is 0.444 e. The number of hydrogen-bond donors (Lipinski definition) is 3. The second kappa shape index (κ2) is 15.3. The van der Waals surface area contributed by atoms with Crippen LogP contribution in [0.15, 0.2) is 60.8 Å². The Kier molecular flexibility index (Phi) is 11.1. The first-order valence-electron chi connectivity index (χ1n) is 16.7. The first-order chi connectivity index (χ1) is 22.4. The summed E-state index contributed by atoms with van der Waals surface area (Å²) < 4.78 is 25.7. The smallest absolute Gasteiger partial charge is 0.407 e. The highest BCUT2D eigenvalue weighted by Gasteiger charge is 2.27. The third-order valence-corrected chi connectivity index (χ3v) is 8.53. The van der Waals surface area contributed by atoms with Crippen molar-refractivity contribution in [3.05, 3.63) is 77.7 Å². The summed E-state index contributed by atoms with van der Waals surface area (Å²) in [5.74, 6) is -0.543. The molecule has 2 aliphatic rings. The van der Waals surface area contributed by atoms with Gasteiger partial charge in [0.25, 0.3) is 5.91 Å².